The number of rotatable bonds is 2. The van der Waals surface area contributed by atoms with Crippen molar-refractivity contribution in [2.45, 2.75) is 6.92 Å². The summed E-state index contributed by atoms with van der Waals surface area (Å²) >= 11 is 0. The topological polar surface area (TPSA) is 17.1 Å². The van der Waals surface area contributed by atoms with E-state index in [4.69, 9.17) is 0 Å². The molecule has 0 spiro atoms. The SMILES string of the molecule is Cc1ccc2ccccc2c1C(=O)c1cccc2ccccc12. The molecule has 0 heterocycles. The zero-order valence-corrected chi connectivity index (χ0v) is 12.9. The Hall–Kier alpha value is -2.93. The van der Waals surface area contributed by atoms with Crippen LogP contribution in [0, 0.1) is 6.92 Å². The quantitative estimate of drug-likeness (QED) is 0.444. The molecule has 1 nitrogen and oxygen atoms in total. The molecule has 0 amide bonds. The molecule has 1 heteroatoms. The van der Waals surface area contributed by atoms with E-state index in [2.05, 4.69) is 12.1 Å². The number of fused-ring (bicyclic) bond motifs is 2. The monoisotopic (exact) mass is 296 g/mol. The standard InChI is InChI=1S/C22H16O/c1-15-13-14-17-8-3-5-11-19(17)21(15)22(23)20-12-6-9-16-7-2-4-10-18(16)20/h2-14H,1H3. The Morgan fingerprint density at radius 2 is 1.26 bits per heavy atom. The van der Waals surface area contributed by atoms with Crippen LogP contribution in [-0.2, 0) is 0 Å². The largest absolute Gasteiger partial charge is 0.289 e. The molecule has 23 heavy (non-hydrogen) atoms. The van der Waals surface area contributed by atoms with E-state index < -0.39 is 0 Å². The highest BCUT2D eigenvalue weighted by Gasteiger charge is 2.17. The lowest BCUT2D eigenvalue weighted by atomic mass is 9.91. The minimum absolute atomic E-state index is 0.0936. The smallest absolute Gasteiger partial charge is 0.194 e. The highest BCUT2D eigenvalue weighted by molar-refractivity contribution is 6.22. The van der Waals surface area contributed by atoms with Gasteiger partial charge in [0.1, 0.15) is 0 Å². The van der Waals surface area contributed by atoms with Gasteiger partial charge >= 0.3 is 0 Å². The first-order valence-electron chi connectivity index (χ1n) is 7.76. The maximum atomic E-state index is 13.3. The number of aryl methyl sites for hydroxylation is 1. The Bertz CT molecular complexity index is 1040. The van der Waals surface area contributed by atoms with Gasteiger partial charge in [-0.3, -0.25) is 4.79 Å². The molecule has 0 saturated carbocycles. The van der Waals surface area contributed by atoms with Crippen molar-refractivity contribution in [1.82, 2.24) is 0 Å². The first-order chi connectivity index (χ1) is 11.3. The molecule has 0 aliphatic rings. The van der Waals surface area contributed by atoms with Crippen LogP contribution in [0.3, 0.4) is 0 Å². The van der Waals surface area contributed by atoms with Crippen LogP contribution in [0.2, 0.25) is 0 Å². The molecule has 0 radical (unpaired) electrons. The van der Waals surface area contributed by atoms with E-state index in [9.17, 15) is 4.79 Å². The second-order valence-electron chi connectivity index (χ2n) is 5.83. The summed E-state index contributed by atoms with van der Waals surface area (Å²) in [4.78, 5) is 13.3. The molecule has 0 atom stereocenters. The summed E-state index contributed by atoms with van der Waals surface area (Å²) in [5, 5.41) is 4.22. The Balaban J connectivity index is 2.01. The van der Waals surface area contributed by atoms with Crippen molar-refractivity contribution >= 4 is 27.3 Å². The van der Waals surface area contributed by atoms with Gasteiger partial charge in [-0.25, -0.2) is 0 Å². The maximum absolute atomic E-state index is 13.3. The van der Waals surface area contributed by atoms with Gasteiger partial charge in [0.05, 0.1) is 0 Å². The predicted molar refractivity (Wildman–Crippen MR) is 96.1 cm³/mol. The van der Waals surface area contributed by atoms with Crippen molar-refractivity contribution in [2.24, 2.45) is 0 Å². The van der Waals surface area contributed by atoms with Crippen LogP contribution < -0.4 is 0 Å². The highest BCUT2D eigenvalue weighted by atomic mass is 16.1. The fraction of sp³-hybridized carbons (Fsp3) is 0.0455. The third kappa shape index (κ3) is 2.22. The molecular formula is C22H16O. The lowest BCUT2D eigenvalue weighted by molar-refractivity contribution is 0.104. The van der Waals surface area contributed by atoms with Crippen LogP contribution in [0.5, 0.6) is 0 Å². The fourth-order valence-electron chi connectivity index (χ4n) is 3.24. The summed E-state index contributed by atoms with van der Waals surface area (Å²) in [6.07, 6.45) is 0. The third-order valence-electron chi connectivity index (χ3n) is 4.40. The number of benzene rings is 4. The molecule has 0 saturated heterocycles. The predicted octanol–water partition coefficient (Wildman–Crippen LogP) is 5.53. The van der Waals surface area contributed by atoms with E-state index in [-0.39, 0.29) is 5.78 Å². The highest BCUT2D eigenvalue weighted by Crippen LogP contribution is 2.27. The lowest BCUT2D eigenvalue weighted by Gasteiger charge is -2.11. The molecule has 0 aromatic heterocycles. The van der Waals surface area contributed by atoms with E-state index in [1.165, 1.54) is 0 Å². The van der Waals surface area contributed by atoms with Crippen LogP contribution in [0.1, 0.15) is 21.5 Å². The molecule has 4 aromatic rings. The Morgan fingerprint density at radius 3 is 2.04 bits per heavy atom. The van der Waals surface area contributed by atoms with Gasteiger partial charge in [-0.05, 0) is 34.0 Å². The average Bonchev–Trinajstić information content (AvgIpc) is 2.60. The maximum Gasteiger partial charge on any atom is 0.194 e. The molecule has 0 bridgehead atoms. The van der Waals surface area contributed by atoms with Gasteiger partial charge in [0, 0.05) is 11.1 Å². The van der Waals surface area contributed by atoms with E-state index >= 15 is 0 Å². The second-order valence-corrected chi connectivity index (χ2v) is 5.83. The summed E-state index contributed by atoms with van der Waals surface area (Å²) in [5.74, 6) is 0.0936. The summed E-state index contributed by atoms with van der Waals surface area (Å²) in [7, 11) is 0. The average molecular weight is 296 g/mol. The number of ketones is 1. The van der Waals surface area contributed by atoms with E-state index in [1.807, 2.05) is 73.7 Å². The normalized spacial score (nSPS) is 11.0. The van der Waals surface area contributed by atoms with Gasteiger partial charge in [0.15, 0.2) is 5.78 Å². The van der Waals surface area contributed by atoms with Crippen LogP contribution in [0.15, 0.2) is 78.9 Å². The molecule has 0 N–H and O–H groups in total. The van der Waals surface area contributed by atoms with Crippen molar-refractivity contribution in [3.05, 3.63) is 95.6 Å². The minimum atomic E-state index is 0.0936. The molecule has 0 aliphatic heterocycles. The minimum Gasteiger partial charge on any atom is -0.289 e. The molecule has 4 aromatic carbocycles. The van der Waals surface area contributed by atoms with Gasteiger partial charge in [-0.2, -0.15) is 0 Å². The Kier molecular flexibility index (Phi) is 3.20. The Labute approximate surface area is 135 Å². The number of hydrogen-bond donors (Lipinski definition) is 0. The number of carbonyl (C=O) groups excluding carboxylic acids is 1. The van der Waals surface area contributed by atoms with Crippen LogP contribution in [0.25, 0.3) is 21.5 Å². The lowest BCUT2D eigenvalue weighted by Crippen LogP contribution is -2.05. The van der Waals surface area contributed by atoms with Crippen molar-refractivity contribution < 1.29 is 4.79 Å². The molecule has 110 valence electrons. The summed E-state index contributed by atoms with van der Waals surface area (Å²) in [5.41, 5.74) is 2.59. The Morgan fingerprint density at radius 1 is 0.652 bits per heavy atom. The molecular weight excluding hydrogens is 280 g/mol. The fourth-order valence-corrected chi connectivity index (χ4v) is 3.24. The molecule has 4 rings (SSSR count). The van der Waals surface area contributed by atoms with Crippen molar-refractivity contribution in [1.29, 1.82) is 0 Å². The molecule has 0 unspecified atom stereocenters. The van der Waals surface area contributed by atoms with Gasteiger partial charge in [0.25, 0.3) is 0 Å². The molecule has 0 fully saturated rings. The third-order valence-corrected chi connectivity index (χ3v) is 4.40. The van der Waals surface area contributed by atoms with Gasteiger partial charge in [-0.15, -0.1) is 0 Å². The number of carbonyl (C=O) groups is 1. The van der Waals surface area contributed by atoms with Crippen molar-refractivity contribution in [3.8, 4) is 0 Å². The first kappa shape index (κ1) is 13.7. The van der Waals surface area contributed by atoms with Crippen molar-refractivity contribution in [3.63, 3.8) is 0 Å². The van der Waals surface area contributed by atoms with Crippen LogP contribution >= 0.6 is 0 Å². The van der Waals surface area contributed by atoms with E-state index in [1.54, 1.807) is 0 Å². The summed E-state index contributed by atoms with van der Waals surface area (Å²) in [6, 6.07) is 26.1. The number of hydrogen-bond acceptors (Lipinski definition) is 1. The van der Waals surface area contributed by atoms with Gasteiger partial charge in [0.2, 0.25) is 0 Å². The zero-order chi connectivity index (χ0) is 15.8. The zero-order valence-electron chi connectivity index (χ0n) is 12.9. The van der Waals surface area contributed by atoms with Crippen molar-refractivity contribution in [2.75, 3.05) is 0 Å². The van der Waals surface area contributed by atoms with Crippen LogP contribution in [0.4, 0.5) is 0 Å². The van der Waals surface area contributed by atoms with E-state index in [0.717, 1.165) is 38.2 Å². The van der Waals surface area contributed by atoms with E-state index in [0.29, 0.717) is 0 Å². The van der Waals surface area contributed by atoms with Crippen LogP contribution in [-0.4, -0.2) is 5.78 Å². The van der Waals surface area contributed by atoms with Gasteiger partial charge < -0.3 is 0 Å². The van der Waals surface area contributed by atoms with Gasteiger partial charge in [-0.1, -0.05) is 78.9 Å². The summed E-state index contributed by atoms with van der Waals surface area (Å²) < 4.78 is 0. The first-order valence-corrected chi connectivity index (χ1v) is 7.76. The second kappa shape index (κ2) is 5.36. The molecule has 0 aliphatic carbocycles. The summed E-state index contributed by atoms with van der Waals surface area (Å²) in [6.45, 7) is 2.00.